The smallest absolute Gasteiger partial charge is 0.309 e. The second kappa shape index (κ2) is 10.7. The van der Waals surface area contributed by atoms with Crippen molar-refractivity contribution in [1.82, 2.24) is 4.98 Å². The van der Waals surface area contributed by atoms with E-state index in [0.29, 0.717) is 18.0 Å². The fraction of sp³-hybridized carbons (Fsp3) is 0.731. The SMILES string of the molecule is C/C(=C\c1coc(C)n1)[C@@H]1C[C@@H]2O[C@H]2CCC[C@H](C)[C@H](O)[C@@H](C)C(=O)C(C)(C)[C@@H](O)CC(=O)O1. The van der Waals surface area contributed by atoms with Gasteiger partial charge >= 0.3 is 5.97 Å². The fourth-order valence-electron chi connectivity index (χ4n) is 4.78. The van der Waals surface area contributed by atoms with Gasteiger partial charge in [0.1, 0.15) is 23.8 Å². The molecule has 34 heavy (non-hydrogen) atoms. The molecule has 0 bridgehead atoms. The molecule has 7 atom stereocenters. The number of hydrogen-bond acceptors (Lipinski definition) is 8. The van der Waals surface area contributed by atoms with Crippen molar-refractivity contribution in [3.63, 3.8) is 0 Å². The first kappa shape index (κ1) is 26.6. The van der Waals surface area contributed by atoms with Crippen LogP contribution in [0.4, 0.5) is 0 Å². The number of rotatable bonds is 2. The minimum Gasteiger partial charge on any atom is -0.458 e. The second-order valence-electron chi connectivity index (χ2n) is 10.6. The van der Waals surface area contributed by atoms with E-state index in [0.717, 1.165) is 24.8 Å². The summed E-state index contributed by atoms with van der Waals surface area (Å²) in [5.74, 6) is -1.03. The largest absolute Gasteiger partial charge is 0.458 e. The monoisotopic (exact) mass is 477 g/mol. The Balaban J connectivity index is 1.81. The highest BCUT2D eigenvalue weighted by molar-refractivity contribution is 5.88. The third-order valence-corrected chi connectivity index (χ3v) is 7.41. The lowest BCUT2D eigenvalue weighted by molar-refractivity contribution is -0.154. The fourth-order valence-corrected chi connectivity index (χ4v) is 4.78. The zero-order valence-corrected chi connectivity index (χ0v) is 21.1. The summed E-state index contributed by atoms with van der Waals surface area (Å²) in [6.45, 7) is 10.5. The van der Waals surface area contributed by atoms with Crippen molar-refractivity contribution < 1.29 is 33.7 Å². The van der Waals surface area contributed by atoms with Crippen LogP contribution in [0.15, 0.2) is 16.3 Å². The lowest BCUT2D eigenvalue weighted by Gasteiger charge is -2.34. The van der Waals surface area contributed by atoms with Crippen LogP contribution in [-0.2, 0) is 19.1 Å². The molecule has 0 aliphatic carbocycles. The normalized spacial score (nSPS) is 36.0. The minimum absolute atomic E-state index is 0.0183. The van der Waals surface area contributed by atoms with Crippen molar-refractivity contribution in [2.24, 2.45) is 17.3 Å². The van der Waals surface area contributed by atoms with Crippen molar-refractivity contribution in [3.8, 4) is 0 Å². The Kier molecular flexibility index (Phi) is 8.37. The van der Waals surface area contributed by atoms with Crippen LogP contribution in [0, 0.1) is 24.2 Å². The van der Waals surface area contributed by atoms with Crippen molar-refractivity contribution in [3.05, 3.63) is 23.4 Å². The Labute approximate surface area is 201 Å². The van der Waals surface area contributed by atoms with Gasteiger partial charge in [-0.15, -0.1) is 0 Å². The Morgan fingerprint density at radius 2 is 1.88 bits per heavy atom. The molecular formula is C26H39NO7. The van der Waals surface area contributed by atoms with Gasteiger partial charge in [-0.3, -0.25) is 9.59 Å². The number of cyclic esters (lactones) is 1. The molecule has 2 aliphatic heterocycles. The zero-order chi connectivity index (χ0) is 25.2. The number of Topliss-reactive ketones (excluding diaryl/α,β-unsaturated/α-hetero) is 1. The number of oxazole rings is 1. The molecule has 190 valence electrons. The van der Waals surface area contributed by atoms with Crippen LogP contribution >= 0.6 is 0 Å². The van der Waals surface area contributed by atoms with Gasteiger partial charge in [0, 0.05) is 19.3 Å². The number of aryl methyl sites for hydroxylation is 1. The van der Waals surface area contributed by atoms with E-state index in [4.69, 9.17) is 13.9 Å². The number of ether oxygens (including phenoxy) is 2. The molecule has 0 unspecified atom stereocenters. The number of nitrogens with zero attached hydrogens (tertiary/aromatic N) is 1. The molecule has 8 heteroatoms. The molecule has 2 fully saturated rings. The summed E-state index contributed by atoms with van der Waals surface area (Å²) in [7, 11) is 0. The van der Waals surface area contributed by atoms with Gasteiger partial charge in [0.25, 0.3) is 0 Å². The number of carbonyl (C=O) groups is 2. The number of hydrogen-bond donors (Lipinski definition) is 2. The molecule has 2 aliphatic rings. The Hall–Kier alpha value is -2.03. The van der Waals surface area contributed by atoms with Crippen LogP contribution in [-0.4, -0.2) is 57.5 Å². The molecule has 1 aromatic rings. The highest BCUT2D eigenvalue weighted by Crippen LogP contribution is 2.36. The first-order valence-corrected chi connectivity index (χ1v) is 12.3. The van der Waals surface area contributed by atoms with E-state index >= 15 is 0 Å². The number of aliphatic hydroxyl groups excluding tert-OH is 2. The van der Waals surface area contributed by atoms with Crippen LogP contribution < -0.4 is 0 Å². The third kappa shape index (κ3) is 6.34. The third-order valence-electron chi connectivity index (χ3n) is 7.41. The van der Waals surface area contributed by atoms with Gasteiger partial charge in [0.05, 0.1) is 36.3 Å². The van der Waals surface area contributed by atoms with Gasteiger partial charge in [-0.1, -0.05) is 34.1 Å². The van der Waals surface area contributed by atoms with Crippen molar-refractivity contribution in [1.29, 1.82) is 0 Å². The van der Waals surface area contributed by atoms with Gasteiger partial charge in [0.2, 0.25) is 0 Å². The predicted octanol–water partition coefficient (Wildman–Crippen LogP) is 3.62. The van der Waals surface area contributed by atoms with E-state index < -0.39 is 35.6 Å². The highest BCUT2D eigenvalue weighted by atomic mass is 16.6. The van der Waals surface area contributed by atoms with E-state index in [1.165, 1.54) is 0 Å². The lowest BCUT2D eigenvalue weighted by Crippen LogP contribution is -2.45. The van der Waals surface area contributed by atoms with Gasteiger partial charge in [0.15, 0.2) is 5.89 Å². The molecule has 2 saturated heterocycles. The number of aliphatic hydroxyl groups is 2. The number of esters is 1. The molecule has 0 saturated carbocycles. The van der Waals surface area contributed by atoms with Gasteiger partial charge < -0.3 is 24.1 Å². The van der Waals surface area contributed by atoms with Crippen LogP contribution in [0.3, 0.4) is 0 Å². The summed E-state index contributed by atoms with van der Waals surface area (Å²) in [6.07, 6.45) is 3.51. The second-order valence-corrected chi connectivity index (χ2v) is 10.6. The highest BCUT2D eigenvalue weighted by Gasteiger charge is 2.44. The maximum atomic E-state index is 13.2. The Morgan fingerprint density at radius 3 is 2.53 bits per heavy atom. The van der Waals surface area contributed by atoms with Crippen LogP contribution in [0.1, 0.15) is 78.3 Å². The number of epoxide rings is 1. The average Bonchev–Trinajstić information content (AvgIpc) is 3.38. The molecule has 0 spiro atoms. The molecule has 3 rings (SSSR count). The van der Waals surface area contributed by atoms with Crippen molar-refractivity contribution >= 4 is 17.8 Å². The standard InChI is InChI=1S/C26H39NO7/c1-14-8-7-9-19-21(33-19)11-20(15(2)10-18-13-32-17(4)27-18)34-23(29)12-22(28)26(5,6)25(31)16(3)24(14)30/h10,13-14,16,19-22,24,28,30H,7-9,11-12H2,1-6H3/b15-10+/t14-,16+,19-,20-,21-,22-,24-/m0/s1. The molecule has 0 radical (unpaired) electrons. The first-order chi connectivity index (χ1) is 15.9. The maximum Gasteiger partial charge on any atom is 0.309 e. The van der Waals surface area contributed by atoms with Crippen molar-refractivity contribution in [2.75, 3.05) is 0 Å². The summed E-state index contributed by atoms with van der Waals surface area (Å²) in [4.78, 5) is 30.3. The molecule has 0 aromatic carbocycles. The minimum atomic E-state index is -1.24. The van der Waals surface area contributed by atoms with Crippen LogP contribution in [0.25, 0.3) is 6.08 Å². The zero-order valence-electron chi connectivity index (χ0n) is 21.1. The first-order valence-electron chi connectivity index (χ1n) is 12.3. The summed E-state index contributed by atoms with van der Waals surface area (Å²) in [6, 6.07) is 0. The maximum absolute atomic E-state index is 13.2. The summed E-state index contributed by atoms with van der Waals surface area (Å²) in [5.41, 5.74) is 0.228. The Bertz CT molecular complexity index is 905. The molecule has 8 nitrogen and oxygen atoms in total. The molecule has 2 N–H and O–H groups in total. The molecule has 1 aromatic heterocycles. The van der Waals surface area contributed by atoms with E-state index in [2.05, 4.69) is 4.98 Å². The average molecular weight is 478 g/mol. The summed E-state index contributed by atoms with van der Waals surface area (Å²) >= 11 is 0. The van der Waals surface area contributed by atoms with Gasteiger partial charge in [-0.2, -0.15) is 0 Å². The molecule has 0 amide bonds. The summed E-state index contributed by atoms with van der Waals surface area (Å²) < 4.78 is 16.9. The number of ketones is 1. The van der Waals surface area contributed by atoms with Crippen LogP contribution in [0.2, 0.25) is 0 Å². The number of fused-ring (bicyclic) bond motifs is 1. The molecular weight excluding hydrogens is 438 g/mol. The van der Waals surface area contributed by atoms with E-state index in [1.54, 1.807) is 34.0 Å². The van der Waals surface area contributed by atoms with E-state index in [-0.39, 0.29) is 30.3 Å². The van der Waals surface area contributed by atoms with Crippen molar-refractivity contribution in [2.45, 2.75) is 104 Å². The lowest BCUT2D eigenvalue weighted by atomic mass is 9.73. The number of aromatic nitrogens is 1. The topological polar surface area (TPSA) is 122 Å². The Morgan fingerprint density at radius 1 is 1.18 bits per heavy atom. The quantitative estimate of drug-likeness (QED) is 0.489. The van der Waals surface area contributed by atoms with E-state index in [1.807, 2.05) is 19.9 Å². The van der Waals surface area contributed by atoms with E-state index in [9.17, 15) is 19.8 Å². The van der Waals surface area contributed by atoms with Crippen LogP contribution in [0.5, 0.6) is 0 Å². The van der Waals surface area contributed by atoms with Gasteiger partial charge in [-0.25, -0.2) is 4.98 Å². The van der Waals surface area contributed by atoms with Gasteiger partial charge in [-0.05, 0) is 37.3 Å². The number of carbonyl (C=O) groups excluding carboxylic acids is 2. The molecule has 3 heterocycles. The summed E-state index contributed by atoms with van der Waals surface area (Å²) in [5, 5.41) is 21.6. The predicted molar refractivity (Wildman–Crippen MR) is 126 cm³/mol.